The number of rotatable bonds is 3. The van der Waals surface area contributed by atoms with Gasteiger partial charge in [0, 0.05) is 0 Å². The highest BCUT2D eigenvalue weighted by Gasteiger charge is 1.96. The number of allylic oxidation sites excluding steroid dienone is 1. The molecule has 0 N–H and O–H groups in total. The van der Waals surface area contributed by atoms with E-state index in [1.807, 2.05) is 0 Å². The third-order valence-electron chi connectivity index (χ3n) is 3.28. The summed E-state index contributed by atoms with van der Waals surface area (Å²) in [5, 5.41) is 0. The van der Waals surface area contributed by atoms with E-state index < -0.39 is 0 Å². The van der Waals surface area contributed by atoms with Crippen LogP contribution >= 0.6 is 0 Å². The Labute approximate surface area is 110 Å². The largest absolute Gasteiger partial charge is 0.0613 e. The van der Waals surface area contributed by atoms with Crippen molar-refractivity contribution in [2.75, 3.05) is 0 Å². The first kappa shape index (κ1) is 12.6. The minimum Gasteiger partial charge on any atom is -0.0613 e. The van der Waals surface area contributed by atoms with Crippen molar-refractivity contribution in [1.82, 2.24) is 0 Å². The molecular weight excluding hydrogens is 216 g/mol. The highest BCUT2D eigenvalue weighted by molar-refractivity contribution is 5.80. The zero-order valence-electron chi connectivity index (χ0n) is 11.4. The maximum absolute atomic E-state index is 2.24. The molecule has 2 rings (SSSR count). The van der Waals surface area contributed by atoms with Gasteiger partial charge in [0.1, 0.15) is 0 Å². The van der Waals surface area contributed by atoms with E-state index >= 15 is 0 Å². The molecule has 0 heterocycles. The summed E-state index contributed by atoms with van der Waals surface area (Å²) in [5.74, 6) is 0. The maximum Gasteiger partial charge on any atom is -0.0227 e. The van der Waals surface area contributed by atoms with Crippen molar-refractivity contribution in [2.24, 2.45) is 0 Å². The van der Waals surface area contributed by atoms with E-state index in [9.17, 15) is 0 Å². The van der Waals surface area contributed by atoms with Gasteiger partial charge in [0.15, 0.2) is 0 Å². The van der Waals surface area contributed by atoms with Crippen molar-refractivity contribution in [3.8, 4) is 0 Å². The third-order valence-corrected chi connectivity index (χ3v) is 3.28. The van der Waals surface area contributed by atoms with Gasteiger partial charge in [-0.3, -0.25) is 0 Å². The lowest BCUT2D eigenvalue weighted by molar-refractivity contribution is 1.14. The standard InChI is InChI=1S/C18H20/c1-4-16-9-11-18(12-10-16)15(3)13-17-7-5-14(2)6-8-17/h5-13H,4H2,1-3H3/b15-13+. The summed E-state index contributed by atoms with van der Waals surface area (Å²) >= 11 is 0. The molecule has 2 aromatic rings. The number of aryl methyl sites for hydroxylation is 2. The Balaban J connectivity index is 2.23. The number of hydrogen-bond donors (Lipinski definition) is 0. The molecule has 0 aliphatic rings. The summed E-state index contributed by atoms with van der Waals surface area (Å²) in [6.45, 7) is 6.47. The lowest BCUT2D eigenvalue weighted by Crippen LogP contribution is -1.83. The van der Waals surface area contributed by atoms with Crippen molar-refractivity contribution >= 4 is 11.6 Å². The van der Waals surface area contributed by atoms with Crippen LogP contribution in [0.2, 0.25) is 0 Å². The van der Waals surface area contributed by atoms with Crippen LogP contribution in [0.4, 0.5) is 0 Å². The predicted octanol–water partition coefficient (Wildman–Crippen LogP) is 5.12. The maximum atomic E-state index is 2.24. The lowest BCUT2D eigenvalue weighted by Gasteiger charge is -2.04. The zero-order chi connectivity index (χ0) is 13.0. The Morgan fingerprint density at radius 1 is 0.944 bits per heavy atom. The molecule has 0 nitrogen and oxygen atoms in total. The molecule has 0 atom stereocenters. The van der Waals surface area contributed by atoms with Crippen molar-refractivity contribution in [3.63, 3.8) is 0 Å². The normalized spacial score (nSPS) is 11.6. The Hall–Kier alpha value is -1.82. The molecular formula is C18H20. The summed E-state index contributed by atoms with van der Waals surface area (Å²) in [5.41, 5.74) is 6.56. The van der Waals surface area contributed by atoms with Gasteiger partial charge in [0.2, 0.25) is 0 Å². The predicted molar refractivity (Wildman–Crippen MR) is 80.5 cm³/mol. The highest BCUT2D eigenvalue weighted by Crippen LogP contribution is 2.18. The van der Waals surface area contributed by atoms with E-state index in [1.54, 1.807) is 0 Å². The lowest BCUT2D eigenvalue weighted by atomic mass is 10.0. The second-order valence-electron chi connectivity index (χ2n) is 4.79. The van der Waals surface area contributed by atoms with Gasteiger partial charge in [0.25, 0.3) is 0 Å². The number of benzene rings is 2. The fourth-order valence-corrected chi connectivity index (χ4v) is 2.00. The smallest absolute Gasteiger partial charge is 0.0227 e. The quantitative estimate of drug-likeness (QED) is 0.649. The molecule has 0 amide bonds. The van der Waals surface area contributed by atoms with Gasteiger partial charge >= 0.3 is 0 Å². The van der Waals surface area contributed by atoms with Crippen molar-refractivity contribution in [2.45, 2.75) is 27.2 Å². The molecule has 0 saturated carbocycles. The molecule has 0 aliphatic heterocycles. The second kappa shape index (κ2) is 5.68. The molecule has 0 saturated heterocycles. The van der Waals surface area contributed by atoms with Crippen molar-refractivity contribution in [1.29, 1.82) is 0 Å². The van der Waals surface area contributed by atoms with Crippen LogP contribution in [0.15, 0.2) is 48.5 Å². The van der Waals surface area contributed by atoms with E-state index in [0.717, 1.165) is 6.42 Å². The van der Waals surface area contributed by atoms with Crippen LogP contribution in [0.5, 0.6) is 0 Å². The van der Waals surface area contributed by atoms with E-state index in [-0.39, 0.29) is 0 Å². The average Bonchev–Trinajstić information content (AvgIpc) is 2.41. The van der Waals surface area contributed by atoms with Crippen LogP contribution in [0, 0.1) is 6.92 Å². The molecule has 92 valence electrons. The summed E-state index contributed by atoms with van der Waals surface area (Å²) < 4.78 is 0. The summed E-state index contributed by atoms with van der Waals surface area (Å²) in [4.78, 5) is 0. The monoisotopic (exact) mass is 236 g/mol. The Kier molecular flexibility index (Phi) is 3.99. The molecule has 18 heavy (non-hydrogen) atoms. The van der Waals surface area contributed by atoms with Gasteiger partial charge in [0.05, 0.1) is 0 Å². The molecule has 2 aromatic carbocycles. The molecule has 0 radical (unpaired) electrons. The molecule has 0 bridgehead atoms. The van der Waals surface area contributed by atoms with Gasteiger partial charge in [-0.15, -0.1) is 0 Å². The SMILES string of the molecule is CCc1ccc(/C(C)=C/c2ccc(C)cc2)cc1. The fourth-order valence-electron chi connectivity index (χ4n) is 2.00. The molecule has 0 heteroatoms. The van der Waals surface area contributed by atoms with Gasteiger partial charge in [-0.1, -0.05) is 67.1 Å². The highest BCUT2D eigenvalue weighted by atomic mass is 14.0. The minimum absolute atomic E-state index is 1.10. The molecule has 0 fully saturated rings. The summed E-state index contributed by atoms with van der Waals surface area (Å²) in [7, 11) is 0. The van der Waals surface area contributed by atoms with Gasteiger partial charge in [-0.25, -0.2) is 0 Å². The topological polar surface area (TPSA) is 0 Å². The first-order valence-corrected chi connectivity index (χ1v) is 6.53. The van der Waals surface area contributed by atoms with Crippen molar-refractivity contribution in [3.05, 3.63) is 70.8 Å². The van der Waals surface area contributed by atoms with E-state index in [0.29, 0.717) is 0 Å². The Morgan fingerprint density at radius 2 is 1.56 bits per heavy atom. The Morgan fingerprint density at radius 3 is 2.11 bits per heavy atom. The van der Waals surface area contributed by atoms with Crippen LogP contribution in [-0.4, -0.2) is 0 Å². The third kappa shape index (κ3) is 3.10. The second-order valence-corrected chi connectivity index (χ2v) is 4.79. The molecule has 0 spiro atoms. The van der Waals surface area contributed by atoms with Crippen LogP contribution in [-0.2, 0) is 6.42 Å². The van der Waals surface area contributed by atoms with Crippen LogP contribution in [0.1, 0.15) is 36.1 Å². The minimum atomic E-state index is 1.10. The molecule has 0 unspecified atom stereocenters. The van der Waals surface area contributed by atoms with Gasteiger partial charge in [-0.05, 0) is 42.5 Å². The fraction of sp³-hybridized carbons (Fsp3) is 0.222. The average molecular weight is 236 g/mol. The van der Waals surface area contributed by atoms with Gasteiger partial charge < -0.3 is 0 Å². The van der Waals surface area contributed by atoms with E-state index in [2.05, 4.69) is 75.4 Å². The van der Waals surface area contributed by atoms with E-state index in [1.165, 1.54) is 27.8 Å². The first-order valence-electron chi connectivity index (χ1n) is 6.53. The van der Waals surface area contributed by atoms with Crippen LogP contribution in [0.25, 0.3) is 11.6 Å². The Bertz CT molecular complexity index is 527. The van der Waals surface area contributed by atoms with Crippen molar-refractivity contribution < 1.29 is 0 Å². The zero-order valence-corrected chi connectivity index (χ0v) is 11.4. The van der Waals surface area contributed by atoms with Crippen LogP contribution < -0.4 is 0 Å². The first-order chi connectivity index (χ1) is 8.69. The molecule has 0 aliphatic carbocycles. The molecule has 0 aromatic heterocycles. The van der Waals surface area contributed by atoms with Crippen LogP contribution in [0.3, 0.4) is 0 Å². The number of hydrogen-bond acceptors (Lipinski definition) is 0. The van der Waals surface area contributed by atoms with E-state index in [4.69, 9.17) is 0 Å². The summed E-state index contributed by atoms with van der Waals surface area (Å²) in [6.07, 6.45) is 3.33. The van der Waals surface area contributed by atoms with Gasteiger partial charge in [-0.2, -0.15) is 0 Å². The summed E-state index contributed by atoms with van der Waals surface area (Å²) in [6, 6.07) is 17.5.